The highest BCUT2D eigenvalue weighted by Gasteiger charge is 2.23. The van der Waals surface area contributed by atoms with Crippen molar-refractivity contribution in [2.45, 2.75) is 0 Å². The Bertz CT molecular complexity index is 562. The number of sulfonamides is 1. The van der Waals surface area contributed by atoms with Crippen LogP contribution in [0.1, 0.15) is 0 Å². The molecule has 1 N–H and O–H groups in total. The van der Waals surface area contributed by atoms with Gasteiger partial charge in [0.25, 0.3) is 0 Å². The zero-order chi connectivity index (χ0) is 15.2. The van der Waals surface area contributed by atoms with Crippen molar-refractivity contribution in [2.24, 2.45) is 0 Å². The Morgan fingerprint density at radius 1 is 1.40 bits per heavy atom. The maximum atomic E-state index is 13.7. The van der Waals surface area contributed by atoms with Gasteiger partial charge in [-0.15, -0.1) is 0 Å². The number of nitrogens with one attached hydrogen (secondary N) is 1. The van der Waals surface area contributed by atoms with E-state index < -0.39 is 28.3 Å². The fraction of sp³-hybridized carbons (Fsp3) is 0.417. The fourth-order valence-corrected chi connectivity index (χ4v) is 2.37. The van der Waals surface area contributed by atoms with E-state index in [1.54, 1.807) is 0 Å². The Morgan fingerprint density at radius 3 is 2.60 bits per heavy atom. The van der Waals surface area contributed by atoms with Gasteiger partial charge in [-0.05, 0) is 12.1 Å². The lowest BCUT2D eigenvalue weighted by Crippen LogP contribution is -2.41. The minimum absolute atomic E-state index is 0.156. The summed E-state index contributed by atoms with van der Waals surface area (Å²) < 4.78 is 42.6. The van der Waals surface area contributed by atoms with Crippen molar-refractivity contribution in [3.8, 4) is 0 Å². The summed E-state index contributed by atoms with van der Waals surface area (Å²) in [6.45, 7) is 0.0814. The quantitative estimate of drug-likeness (QED) is 0.738. The summed E-state index contributed by atoms with van der Waals surface area (Å²) in [5.41, 5.74) is -0.156. The van der Waals surface area contributed by atoms with Gasteiger partial charge in [-0.25, -0.2) is 12.8 Å². The van der Waals surface area contributed by atoms with Crippen LogP contribution in [-0.2, 0) is 19.6 Å². The minimum atomic E-state index is -3.76. The van der Waals surface area contributed by atoms with Crippen molar-refractivity contribution in [3.05, 3.63) is 30.1 Å². The highest BCUT2D eigenvalue weighted by Crippen LogP contribution is 2.20. The predicted molar refractivity (Wildman–Crippen MR) is 73.5 cm³/mol. The highest BCUT2D eigenvalue weighted by atomic mass is 32.2. The number of amides is 1. The second kappa shape index (κ2) is 7.20. The second-order valence-corrected chi connectivity index (χ2v) is 5.97. The van der Waals surface area contributed by atoms with E-state index in [1.165, 1.54) is 25.3 Å². The average molecular weight is 304 g/mol. The molecule has 0 fully saturated rings. The summed E-state index contributed by atoms with van der Waals surface area (Å²) >= 11 is 0. The molecule has 20 heavy (non-hydrogen) atoms. The van der Waals surface area contributed by atoms with E-state index >= 15 is 0 Å². The van der Waals surface area contributed by atoms with E-state index in [-0.39, 0.29) is 12.2 Å². The maximum absolute atomic E-state index is 13.7. The highest BCUT2D eigenvalue weighted by molar-refractivity contribution is 7.92. The van der Waals surface area contributed by atoms with Gasteiger partial charge in [0.1, 0.15) is 12.4 Å². The molecular weight excluding hydrogens is 287 g/mol. The van der Waals surface area contributed by atoms with E-state index in [1.807, 2.05) is 0 Å². The van der Waals surface area contributed by atoms with Crippen LogP contribution in [0.3, 0.4) is 0 Å². The Balaban J connectivity index is 2.88. The van der Waals surface area contributed by atoms with Crippen LogP contribution in [0.25, 0.3) is 0 Å². The van der Waals surface area contributed by atoms with Crippen LogP contribution in [0.2, 0.25) is 0 Å². The molecule has 0 aromatic heterocycles. The largest absolute Gasteiger partial charge is 0.383 e. The first-order valence-corrected chi connectivity index (χ1v) is 7.69. The molecule has 0 unspecified atom stereocenters. The van der Waals surface area contributed by atoms with Gasteiger partial charge < -0.3 is 10.1 Å². The molecule has 0 atom stereocenters. The van der Waals surface area contributed by atoms with Gasteiger partial charge in [0.15, 0.2) is 0 Å². The minimum Gasteiger partial charge on any atom is -0.383 e. The monoisotopic (exact) mass is 304 g/mol. The third kappa shape index (κ3) is 4.78. The molecule has 0 heterocycles. The number of ether oxygens (including phenoxy) is 1. The van der Waals surface area contributed by atoms with Crippen LogP contribution in [0, 0.1) is 5.82 Å². The number of rotatable bonds is 7. The van der Waals surface area contributed by atoms with Crippen LogP contribution in [-0.4, -0.2) is 47.4 Å². The first-order valence-electron chi connectivity index (χ1n) is 5.84. The van der Waals surface area contributed by atoms with Crippen LogP contribution in [0.5, 0.6) is 0 Å². The van der Waals surface area contributed by atoms with Crippen LogP contribution in [0.15, 0.2) is 24.3 Å². The molecule has 1 aromatic rings. The van der Waals surface area contributed by atoms with Crippen LogP contribution >= 0.6 is 0 Å². The molecule has 0 radical (unpaired) electrons. The number of methoxy groups -OCH3 is 1. The van der Waals surface area contributed by atoms with Crippen molar-refractivity contribution in [2.75, 3.05) is 37.4 Å². The molecule has 0 saturated heterocycles. The third-order valence-corrected chi connectivity index (χ3v) is 3.56. The number of carbonyl (C=O) groups is 1. The number of nitrogens with zero attached hydrogens (tertiary/aromatic N) is 1. The third-order valence-electron chi connectivity index (χ3n) is 2.44. The number of carbonyl (C=O) groups excluding carboxylic acids is 1. The summed E-state index contributed by atoms with van der Waals surface area (Å²) in [7, 11) is -2.28. The number of halogens is 1. The second-order valence-electron chi connectivity index (χ2n) is 4.06. The lowest BCUT2D eigenvalue weighted by atomic mass is 10.3. The molecule has 1 amide bonds. The SMILES string of the molecule is COCCNC(=O)CN(c1ccccc1F)S(C)(=O)=O. The Kier molecular flexibility index (Phi) is 5.90. The first-order chi connectivity index (χ1) is 9.36. The summed E-state index contributed by atoms with van der Waals surface area (Å²) in [6.07, 6.45) is 0.919. The standard InChI is InChI=1S/C12H17FN2O4S/c1-19-8-7-14-12(16)9-15(20(2,17)18)11-6-4-3-5-10(11)13/h3-6H,7-9H2,1-2H3,(H,14,16). The van der Waals surface area contributed by atoms with Gasteiger partial charge in [-0.1, -0.05) is 12.1 Å². The summed E-state index contributed by atoms with van der Waals surface area (Å²) in [4.78, 5) is 11.7. The average Bonchev–Trinajstić information content (AvgIpc) is 2.36. The van der Waals surface area contributed by atoms with Gasteiger partial charge in [0.05, 0.1) is 18.6 Å². The molecular formula is C12H17FN2O4S. The normalized spacial score (nSPS) is 11.2. The molecule has 0 aliphatic heterocycles. The fourth-order valence-electron chi connectivity index (χ4n) is 1.51. The van der Waals surface area contributed by atoms with Gasteiger partial charge in [-0.2, -0.15) is 0 Å². The molecule has 1 rings (SSSR count). The zero-order valence-corrected chi connectivity index (χ0v) is 12.1. The summed E-state index contributed by atoms with van der Waals surface area (Å²) in [5, 5.41) is 2.48. The Hall–Kier alpha value is -1.67. The lowest BCUT2D eigenvalue weighted by Gasteiger charge is -2.22. The molecule has 0 aliphatic rings. The summed E-state index contributed by atoms with van der Waals surface area (Å²) in [5.74, 6) is -1.24. The predicted octanol–water partition coefficient (Wildman–Crippen LogP) is 0.354. The van der Waals surface area contributed by atoms with E-state index in [9.17, 15) is 17.6 Å². The molecule has 6 nitrogen and oxygen atoms in total. The van der Waals surface area contributed by atoms with Crippen LogP contribution in [0.4, 0.5) is 10.1 Å². The van der Waals surface area contributed by atoms with Crippen molar-refractivity contribution >= 4 is 21.6 Å². The molecule has 0 aliphatic carbocycles. The van der Waals surface area contributed by atoms with Crippen molar-refractivity contribution in [1.29, 1.82) is 0 Å². The van der Waals surface area contributed by atoms with Gasteiger partial charge in [0.2, 0.25) is 15.9 Å². The molecule has 8 heteroatoms. The molecule has 0 bridgehead atoms. The first kappa shape index (κ1) is 16.4. The number of hydrogen-bond acceptors (Lipinski definition) is 4. The van der Waals surface area contributed by atoms with Crippen LogP contribution < -0.4 is 9.62 Å². The van der Waals surface area contributed by atoms with Crippen molar-refractivity contribution < 1.29 is 22.3 Å². The Morgan fingerprint density at radius 2 is 2.05 bits per heavy atom. The number of hydrogen-bond donors (Lipinski definition) is 1. The zero-order valence-electron chi connectivity index (χ0n) is 11.3. The van der Waals surface area contributed by atoms with Crippen molar-refractivity contribution in [1.82, 2.24) is 5.32 Å². The van der Waals surface area contributed by atoms with E-state index in [0.29, 0.717) is 6.61 Å². The number of anilines is 1. The van der Waals surface area contributed by atoms with Gasteiger partial charge in [0, 0.05) is 13.7 Å². The molecule has 0 spiro atoms. The maximum Gasteiger partial charge on any atom is 0.240 e. The lowest BCUT2D eigenvalue weighted by molar-refractivity contribution is -0.119. The number of benzene rings is 1. The van der Waals surface area contributed by atoms with E-state index in [2.05, 4.69) is 5.32 Å². The Labute approximate surface area is 117 Å². The molecule has 0 saturated carbocycles. The van der Waals surface area contributed by atoms with E-state index in [4.69, 9.17) is 4.74 Å². The smallest absolute Gasteiger partial charge is 0.240 e. The number of para-hydroxylation sites is 1. The van der Waals surface area contributed by atoms with Gasteiger partial charge >= 0.3 is 0 Å². The molecule has 1 aromatic carbocycles. The molecule has 112 valence electrons. The topological polar surface area (TPSA) is 75.7 Å². The van der Waals surface area contributed by atoms with E-state index in [0.717, 1.165) is 16.6 Å². The summed E-state index contributed by atoms with van der Waals surface area (Å²) in [6, 6.07) is 5.38. The van der Waals surface area contributed by atoms with Gasteiger partial charge in [-0.3, -0.25) is 9.10 Å². The van der Waals surface area contributed by atoms with Crippen molar-refractivity contribution in [3.63, 3.8) is 0 Å².